The second-order valence-electron chi connectivity index (χ2n) is 9.42. The van der Waals surface area contributed by atoms with Crippen LogP contribution in [0.3, 0.4) is 0 Å². The van der Waals surface area contributed by atoms with Crippen LogP contribution in [0.1, 0.15) is 63.5 Å². The summed E-state index contributed by atoms with van der Waals surface area (Å²) < 4.78 is 4.63. The fraction of sp³-hybridized carbons (Fsp3) is 0.583. The van der Waals surface area contributed by atoms with Crippen molar-refractivity contribution in [2.24, 2.45) is 5.92 Å². The quantitative estimate of drug-likeness (QED) is 0.790. The van der Waals surface area contributed by atoms with Crippen LogP contribution in [0.25, 0.3) is 0 Å². The molecule has 1 aromatic carbocycles. The number of ether oxygens (including phenoxy) is 1. The summed E-state index contributed by atoms with van der Waals surface area (Å²) in [7, 11) is 1.31. The van der Waals surface area contributed by atoms with E-state index in [-0.39, 0.29) is 17.2 Å². The molecule has 0 radical (unpaired) electrons. The summed E-state index contributed by atoms with van der Waals surface area (Å²) in [5, 5.41) is 2.69. The predicted octanol–water partition coefficient (Wildman–Crippen LogP) is 3.83. The van der Waals surface area contributed by atoms with Crippen molar-refractivity contribution >= 4 is 12.0 Å². The largest absolute Gasteiger partial charge is 0.453 e. The first-order valence-corrected chi connectivity index (χ1v) is 10.4. The second-order valence-corrected chi connectivity index (χ2v) is 9.42. The first-order valence-electron chi connectivity index (χ1n) is 10.4. The van der Waals surface area contributed by atoms with Gasteiger partial charge in [0.15, 0.2) is 0 Å². The molecule has 1 saturated carbocycles. The topological polar surface area (TPSA) is 58.6 Å². The van der Waals surface area contributed by atoms with Crippen LogP contribution < -0.4 is 5.32 Å². The third-order valence-electron chi connectivity index (χ3n) is 6.40. The third-order valence-corrected chi connectivity index (χ3v) is 6.40. The van der Waals surface area contributed by atoms with Gasteiger partial charge in [-0.1, -0.05) is 51.0 Å². The highest BCUT2D eigenvalue weighted by molar-refractivity contribution is 5.81. The van der Waals surface area contributed by atoms with Crippen LogP contribution in [-0.2, 0) is 14.9 Å². The van der Waals surface area contributed by atoms with Gasteiger partial charge in [0, 0.05) is 19.0 Å². The number of nitrogens with one attached hydrogen (secondary N) is 1. The summed E-state index contributed by atoms with van der Waals surface area (Å²) in [4.78, 5) is 26.3. The van der Waals surface area contributed by atoms with Gasteiger partial charge >= 0.3 is 6.09 Å². The van der Waals surface area contributed by atoms with Gasteiger partial charge in [-0.05, 0) is 48.1 Å². The highest BCUT2D eigenvalue weighted by Crippen LogP contribution is 2.40. The number of rotatable bonds is 3. The number of hydrogen-bond donors (Lipinski definition) is 1. The maximum absolute atomic E-state index is 12.9. The van der Waals surface area contributed by atoms with E-state index in [9.17, 15) is 9.59 Å². The summed E-state index contributed by atoms with van der Waals surface area (Å²) in [6.45, 7) is 8.22. The Hall–Kier alpha value is -2.48. The Morgan fingerprint density at radius 3 is 2.24 bits per heavy atom. The fourth-order valence-electron chi connectivity index (χ4n) is 4.41. The zero-order chi connectivity index (χ0) is 21.2. The average Bonchev–Trinajstić information content (AvgIpc) is 2.69. The molecule has 2 aliphatic rings. The lowest BCUT2D eigenvalue weighted by Gasteiger charge is -2.45. The van der Waals surface area contributed by atoms with Gasteiger partial charge in [-0.3, -0.25) is 4.79 Å². The zero-order valence-corrected chi connectivity index (χ0v) is 18.0. The molecular formula is C24H32N2O3. The van der Waals surface area contributed by atoms with E-state index < -0.39 is 11.6 Å². The Morgan fingerprint density at radius 2 is 1.76 bits per heavy atom. The fourth-order valence-corrected chi connectivity index (χ4v) is 4.41. The SMILES string of the molecule is C#C[C@]1(NC(=O)OC)C[C@@H](C(=O)N2CCC(c3ccc(C(C)(C)C)cc3)CC2)C1. The van der Waals surface area contributed by atoms with Crippen molar-refractivity contribution in [1.82, 2.24) is 10.2 Å². The Labute approximate surface area is 174 Å². The van der Waals surface area contributed by atoms with E-state index in [1.165, 1.54) is 18.2 Å². The van der Waals surface area contributed by atoms with E-state index in [0.717, 1.165) is 25.9 Å². The van der Waals surface area contributed by atoms with Crippen molar-refractivity contribution in [2.45, 2.75) is 63.3 Å². The number of amides is 2. The van der Waals surface area contributed by atoms with Gasteiger partial charge in [-0.15, -0.1) is 6.42 Å². The smallest absolute Gasteiger partial charge is 0.408 e. The average molecular weight is 397 g/mol. The van der Waals surface area contributed by atoms with Gasteiger partial charge in [0.05, 0.1) is 7.11 Å². The minimum Gasteiger partial charge on any atom is -0.453 e. The van der Waals surface area contributed by atoms with Crippen LogP contribution in [0.2, 0.25) is 0 Å². The lowest BCUT2D eigenvalue weighted by Crippen LogP contribution is -2.60. The van der Waals surface area contributed by atoms with Crippen LogP contribution in [0.15, 0.2) is 24.3 Å². The van der Waals surface area contributed by atoms with E-state index >= 15 is 0 Å². The normalized spacial score (nSPS) is 24.9. The highest BCUT2D eigenvalue weighted by atomic mass is 16.5. The number of piperidine rings is 1. The maximum atomic E-state index is 12.9. The minimum atomic E-state index is -0.749. The third kappa shape index (κ3) is 4.58. The number of carbonyl (C=O) groups is 2. The van der Waals surface area contributed by atoms with Crippen molar-refractivity contribution in [3.8, 4) is 12.3 Å². The molecule has 5 heteroatoms. The molecule has 29 heavy (non-hydrogen) atoms. The molecule has 1 aromatic rings. The number of benzene rings is 1. The molecule has 1 N–H and O–H groups in total. The van der Waals surface area contributed by atoms with Gasteiger partial charge in [0.2, 0.25) is 5.91 Å². The number of carbonyl (C=O) groups excluding carboxylic acids is 2. The molecule has 2 amide bonds. The first-order chi connectivity index (χ1) is 13.7. The van der Waals surface area contributed by atoms with Crippen molar-refractivity contribution in [2.75, 3.05) is 20.2 Å². The van der Waals surface area contributed by atoms with E-state index in [1.807, 2.05) is 4.90 Å². The Balaban J connectivity index is 1.52. The lowest BCUT2D eigenvalue weighted by atomic mass is 9.68. The standard InChI is InChI=1S/C24H32N2O3/c1-6-24(25-22(28)29-5)15-19(16-24)21(27)26-13-11-18(12-14-26)17-7-9-20(10-8-17)23(2,3)4/h1,7-10,18-19H,11-16H2,2-5H3,(H,25,28)/t19-,24+. The molecule has 2 fully saturated rings. The van der Waals surface area contributed by atoms with Gasteiger partial charge in [-0.25, -0.2) is 4.79 Å². The predicted molar refractivity (Wildman–Crippen MR) is 114 cm³/mol. The van der Waals surface area contributed by atoms with E-state index in [2.05, 4.69) is 61.0 Å². The highest BCUT2D eigenvalue weighted by Gasteiger charge is 2.49. The van der Waals surface area contributed by atoms with Crippen LogP contribution in [0.4, 0.5) is 4.79 Å². The van der Waals surface area contributed by atoms with Crippen molar-refractivity contribution in [1.29, 1.82) is 0 Å². The summed E-state index contributed by atoms with van der Waals surface area (Å²) >= 11 is 0. The number of hydrogen-bond acceptors (Lipinski definition) is 3. The molecule has 0 spiro atoms. The van der Waals surface area contributed by atoms with Gasteiger partial charge in [0.1, 0.15) is 5.54 Å². The first kappa shape index (κ1) is 21.2. The Morgan fingerprint density at radius 1 is 1.17 bits per heavy atom. The molecule has 0 aromatic heterocycles. The molecule has 0 atom stereocenters. The molecule has 156 valence electrons. The molecule has 1 aliphatic carbocycles. The number of methoxy groups -OCH3 is 1. The number of alkyl carbamates (subject to hydrolysis) is 1. The molecule has 3 rings (SSSR count). The van der Waals surface area contributed by atoms with Gasteiger partial charge in [0.25, 0.3) is 0 Å². The molecule has 1 saturated heterocycles. The number of terminal acetylenes is 1. The summed E-state index contributed by atoms with van der Waals surface area (Å²) in [5.74, 6) is 3.17. The number of likely N-dealkylation sites (tertiary alicyclic amines) is 1. The van der Waals surface area contributed by atoms with Gasteiger partial charge < -0.3 is 15.0 Å². The minimum absolute atomic E-state index is 0.120. The van der Waals surface area contributed by atoms with E-state index in [1.54, 1.807) is 0 Å². The van der Waals surface area contributed by atoms with E-state index in [4.69, 9.17) is 6.42 Å². The Kier molecular flexibility index (Phi) is 5.93. The van der Waals surface area contributed by atoms with Crippen LogP contribution in [0, 0.1) is 18.3 Å². The Bertz CT molecular complexity index is 787. The monoisotopic (exact) mass is 396 g/mol. The second kappa shape index (κ2) is 8.10. The molecular weight excluding hydrogens is 364 g/mol. The molecule has 1 aliphatic heterocycles. The lowest BCUT2D eigenvalue weighted by molar-refractivity contribution is -0.141. The van der Waals surface area contributed by atoms with Gasteiger partial charge in [-0.2, -0.15) is 0 Å². The van der Waals surface area contributed by atoms with Crippen LogP contribution in [0.5, 0.6) is 0 Å². The van der Waals surface area contributed by atoms with Crippen molar-refractivity contribution in [3.05, 3.63) is 35.4 Å². The zero-order valence-electron chi connectivity index (χ0n) is 18.0. The summed E-state index contributed by atoms with van der Waals surface area (Å²) in [6.07, 6.45) is 7.95. The van der Waals surface area contributed by atoms with E-state index in [0.29, 0.717) is 18.8 Å². The van der Waals surface area contributed by atoms with Crippen LogP contribution >= 0.6 is 0 Å². The number of nitrogens with zero attached hydrogens (tertiary/aromatic N) is 1. The molecule has 0 bridgehead atoms. The molecule has 0 unspecified atom stereocenters. The maximum Gasteiger partial charge on any atom is 0.408 e. The summed E-state index contributed by atoms with van der Waals surface area (Å²) in [6, 6.07) is 8.95. The summed E-state index contributed by atoms with van der Waals surface area (Å²) in [5.41, 5.74) is 2.12. The van der Waals surface area contributed by atoms with Crippen molar-refractivity contribution in [3.63, 3.8) is 0 Å². The van der Waals surface area contributed by atoms with Crippen LogP contribution in [-0.4, -0.2) is 42.6 Å². The molecule has 1 heterocycles. The van der Waals surface area contributed by atoms with Crippen molar-refractivity contribution < 1.29 is 14.3 Å². The molecule has 5 nitrogen and oxygen atoms in total.